The number of hydrogen-bond acceptors (Lipinski definition) is 3. The maximum atomic E-state index is 13.2. The first-order chi connectivity index (χ1) is 11.5. The molecule has 2 aromatic rings. The Bertz CT molecular complexity index is 749. The van der Waals surface area contributed by atoms with E-state index in [1.807, 2.05) is 49.4 Å². The average molecular weight is 344 g/mol. The third kappa shape index (κ3) is 4.13. The largest absolute Gasteiger partial charge is 0.375 e. The summed E-state index contributed by atoms with van der Waals surface area (Å²) < 4.78 is 32.0. The zero-order valence-electron chi connectivity index (χ0n) is 14.2. The molecule has 0 radical (unpaired) electrons. The number of ether oxygens (including phenoxy) is 1. The summed E-state index contributed by atoms with van der Waals surface area (Å²) in [7, 11) is -1.96. The number of allylic oxidation sites excluding steroid dienone is 1. The van der Waals surface area contributed by atoms with Gasteiger partial charge < -0.3 is 4.74 Å². The van der Waals surface area contributed by atoms with Gasteiger partial charge >= 0.3 is 0 Å². The van der Waals surface area contributed by atoms with Crippen molar-refractivity contribution in [1.82, 2.24) is 0 Å². The fourth-order valence-corrected chi connectivity index (χ4v) is 4.70. The van der Waals surface area contributed by atoms with E-state index >= 15 is 0 Å². The second-order valence-corrected chi connectivity index (χ2v) is 8.00. The van der Waals surface area contributed by atoms with Crippen LogP contribution in [0.5, 0.6) is 0 Å². The van der Waals surface area contributed by atoms with Crippen molar-refractivity contribution in [2.24, 2.45) is 0 Å². The van der Waals surface area contributed by atoms with Crippen molar-refractivity contribution in [3.8, 4) is 0 Å². The van der Waals surface area contributed by atoms with E-state index in [9.17, 15) is 8.42 Å². The fraction of sp³-hybridized carbons (Fsp3) is 0.300. The minimum absolute atomic E-state index is 0.333. The van der Waals surface area contributed by atoms with Crippen LogP contribution in [0.15, 0.2) is 72.1 Å². The molecule has 2 atom stereocenters. The minimum atomic E-state index is -3.52. The molecule has 0 amide bonds. The second-order valence-electron chi connectivity index (χ2n) is 5.83. The topological polar surface area (TPSA) is 43.4 Å². The van der Waals surface area contributed by atoms with Gasteiger partial charge in [0.05, 0.1) is 16.2 Å². The first-order valence-corrected chi connectivity index (χ1v) is 9.54. The monoisotopic (exact) mass is 344 g/mol. The Balaban J connectivity index is 2.46. The lowest BCUT2D eigenvalue weighted by Gasteiger charge is -2.26. The summed E-state index contributed by atoms with van der Waals surface area (Å²) in [6.45, 7) is 5.66. The van der Waals surface area contributed by atoms with E-state index < -0.39 is 21.2 Å². The first kappa shape index (κ1) is 18.4. The number of methoxy groups -OCH3 is 1. The normalized spacial score (nSPS) is 14.1. The van der Waals surface area contributed by atoms with Gasteiger partial charge in [-0.15, -0.1) is 6.58 Å². The average Bonchev–Trinajstić information content (AvgIpc) is 2.59. The maximum absolute atomic E-state index is 13.2. The van der Waals surface area contributed by atoms with E-state index in [0.717, 1.165) is 11.1 Å². The molecule has 0 unspecified atom stereocenters. The lowest BCUT2D eigenvalue weighted by molar-refractivity contribution is 0.0965. The second kappa shape index (κ2) is 8.27. The smallest absolute Gasteiger partial charge is 0.184 e. The van der Waals surface area contributed by atoms with Crippen molar-refractivity contribution < 1.29 is 13.2 Å². The van der Waals surface area contributed by atoms with E-state index in [-0.39, 0.29) is 0 Å². The molecule has 0 heterocycles. The SMILES string of the molecule is C=CCC[C@H]([C@H](OC)c1ccccc1)S(=O)(=O)c1ccc(C)cc1. The van der Waals surface area contributed by atoms with E-state index in [1.54, 1.807) is 25.3 Å². The van der Waals surface area contributed by atoms with Gasteiger partial charge in [-0.3, -0.25) is 0 Å². The Morgan fingerprint density at radius 2 is 1.71 bits per heavy atom. The van der Waals surface area contributed by atoms with Crippen LogP contribution in [0.25, 0.3) is 0 Å². The molecule has 2 aromatic carbocycles. The van der Waals surface area contributed by atoms with Gasteiger partial charge in [-0.1, -0.05) is 54.1 Å². The van der Waals surface area contributed by atoms with Crippen molar-refractivity contribution in [3.05, 3.63) is 78.4 Å². The highest BCUT2D eigenvalue weighted by Gasteiger charge is 2.35. The van der Waals surface area contributed by atoms with Gasteiger partial charge in [-0.2, -0.15) is 0 Å². The van der Waals surface area contributed by atoms with Gasteiger partial charge in [0, 0.05) is 7.11 Å². The lowest BCUT2D eigenvalue weighted by atomic mass is 10.0. The van der Waals surface area contributed by atoms with E-state index in [4.69, 9.17) is 4.74 Å². The van der Waals surface area contributed by atoms with Gasteiger partial charge in [0.15, 0.2) is 9.84 Å². The third-order valence-corrected chi connectivity index (χ3v) is 6.33. The molecule has 4 heteroatoms. The lowest BCUT2D eigenvalue weighted by Crippen LogP contribution is -2.30. The summed E-state index contributed by atoms with van der Waals surface area (Å²) in [6, 6.07) is 16.5. The van der Waals surface area contributed by atoms with E-state index in [0.29, 0.717) is 17.7 Å². The number of rotatable bonds is 8. The Kier molecular flexibility index (Phi) is 6.35. The van der Waals surface area contributed by atoms with Gasteiger partial charge in [0.1, 0.15) is 0 Å². The van der Waals surface area contributed by atoms with Gasteiger partial charge in [-0.05, 0) is 37.5 Å². The highest BCUT2D eigenvalue weighted by molar-refractivity contribution is 7.92. The summed E-state index contributed by atoms with van der Waals surface area (Å²) in [5.41, 5.74) is 1.90. The molecular formula is C20H24O3S. The minimum Gasteiger partial charge on any atom is -0.375 e. The molecule has 0 aromatic heterocycles. The molecule has 0 aliphatic carbocycles. The molecule has 24 heavy (non-hydrogen) atoms. The molecule has 3 nitrogen and oxygen atoms in total. The number of aryl methyl sites for hydroxylation is 1. The molecule has 0 spiro atoms. The van der Waals surface area contributed by atoms with E-state index in [2.05, 4.69) is 6.58 Å². The Hall–Kier alpha value is -1.91. The molecule has 0 aliphatic rings. The summed E-state index contributed by atoms with van der Waals surface area (Å²) in [4.78, 5) is 0.333. The molecule has 128 valence electrons. The summed E-state index contributed by atoms with van der Waals surface area (Å²) >= 11 is 0. The quantitative estimate of drug-likeness (QED) is 0.663. The predicted molar refractivity (Wildman–Crippen MR) is 97.8 cm³/mol. The number of benzene rings is 2. The molecule has 0 N–H and O–H groups in total. The van der Waals surface area contributed by atoms with Gasteiger partial charge in [0.25, 0.3) is 0 Å². The zero-order valence-corrected chi connectivity index (χ0v) is 15.0. The van der Waals surface area contributed by atoms with Crippen LogP contribution in [0.2, 0.25) is 0 Å². The predicted octanol–water partition coefficient (Wildman–Crippen LogP) is 4.49. The molecular weight excluding hydrogens is 320 g/mol. The fourth-order valence-electron chi connectivity index (χ4n) is 2.80. The third-order valence-electron chi connectivity index (χ3n) is 4.12. The molecule has 2 rings (SSSR count). The summed E-state index contributed by atoms with van der Waals surface area (Å²) in [6.07, 6.45) is 2.31. The van der Waals surface area contributed by atoms with Crippen LogP contribution < -0.4 is 0 Å². The summed E-state index contributed by atoms with van der Waals surface area (Å²) in [5.74, 6) is 0. The molecule has 0 saturated carbocycles. The van der Waals surface area contributed by atoms with Crippen molar-refractivity contribution in [1.29, 1.82) is 0 Å². The molecule has 0 aliphatic heterocycles. The Morgan fingerprint density at radius 3 is 2.25 bits per heavy atom. The first-order valence-electron chi connectivity index (χ1n) is 8.00. The highest BCUT2D eigenvalue weighted by atomic mass is 32.2. The van der Waals surface area contributed by atoms with E-state index in [1.165, 1.54) is 0 Å². The summed E-state index contributed by atoms with van der Waals surface area (Å²) in [5, 5.41) is -0.661. The van der Waals surface area contributed by atoms with Crippen LogP contribution >= 0.6 is 0 Å². The van der Waals surface area contributed by atoms with Crippen LogP contribution in [0.4, 0.5) is 0 Å². The van der Waals surface area contributed by atoms with Crippen molar-refractivity contribution >= 4 is 9.84 Å². The van der Waals surface area contributed by atoms with Crippen LogP contribution in [0.1, 0.15) is 30.1 Å². The van der Waals surface area contributed by atoms with Crippen molar-refractivity contribution in [2.75, 3.05) is 7.11 Å². The van der Waals surface area contributed by atoms with Crippen LogP contribution in [0.3, 0.4) is 0 Å². The molecule has 0 fully saturated rings. The number of sulfone groups is 1. The Labute approximate surface area is 144 Å². The van der Waals surface area contributed by atoms with Crippen molar-refractivity contribution in [2.45, 2.75) is 36.0 Å². The Morgan fingerprint density at radius 1 is 1.08 bits per heavy atom. The van der Waals surface area contributed by atoms with Crippen LogP contribution in [-0.2, 0) is 14.6 Å². The zero-order chi connectivity index (χ0) is 17.6. The van der Waals surface area contributed by atoms with Crippen molar-refractivity contribution in [3.63, 3.8) is 0 Å². The highest BCUT2D eigenvalue weighted by Crippen LogP contribution is 2.32. The standard InChI is InChI=1S/C20H24O3S/c1-4-5-11-19(20(23-3)17-9-7-6-8-10-17)24(21,22)18-14-12-16(2)13-15-18/h4,6-10,12-15,19-20H,1,5,11H2,2-3H3/t19-,20-/m1/s1. The van der Waals surface area contributed by atoms with Gasteiger partial charge in [0.2, 0.25) is 0 Å². The molecule has 0 saturated heterocycles. The maximum Gasteiger partial charge on any atom is 0.184 e. The van der Waals surface area contributed by atoms with Crippen LogP contribution in [0, 0.1) is 6.92 Å². The van der Waals surface area contributed by atoms with Gasteiger partial charge in [-0.25, -0.2) is 8.42 Å². The van der Waals surface area contributed by atoms with Crippen LogP contribution in [-0.4, -0.2) is 20.8 Å². The number of hydrogen-bond donors (Lipinski definition) is 0. The molecule has 0 bridgehead atoms.